The largest absolute Gasteiger partial charge is 0.497 e. The lowest BCUT2D eigenvalue weighted by atomic mass is 10.1. The van der Waals surface area contributed by atoms with Crippen LogP contribution in [0.3, 0.4) is 0 Å². The van der Waals surface area contributed by atoms with Crippen LogP contribution in [0.2, 0.25) is 0 Å². The van der Waals surface area contributed by atoms with E-state index in [4.69, 9.17) is 14.2 Å². The second kappa shape index (κ2) is 7.92. The summed E-state index contributed by atoms with van der Waals surface area (Å²) in [5, 5.41) is 15.9. The lowest BCUT2D eigenvalue weighted by molar-refractivity contribution is 0.0621. The Balaban J connectivity index is 1.49. The van der Waals surface area contributed by atoms with Gasteiger partial charge in [0.05, 0.1) is 26.4 Å². The summed E-state index contributed by atoms with van der Waals surface area (Å²) in [6.45, 7) is 6.63. The lowest BCUT2D eigenvalue weighted by Gasteiger charge is -2.18. The van der Waals surface area contributed by atoms with Crippen molar-refractivity contribution in [3.05, 3.63) is 24.3 Å². The van der Waals surface area contributed by atoms with Gasteiger partial charge in [-0.05, 0) is 41.4 Å². The molecule has 0 spiro atoms. The van der Waals surface area contributed by atoms with E-state index in [-0.39, 0.29) is 24.3 Å². The maximum absolute atomic E-state index is 6.09. The third kappa shape index (κ3) is 3.69. The molecule has 2 aliphatic heterocycles. The first-order chi connectivity index (χ1) is 13.2. The van der Waals surface area contributed by atoms with Gasteiger partial charge in [-0.15, -0.1) is 5.10 Å². The van der Waals surface area contributed by atoms with Gasteiger partial charge in [0.2, 0.25) is 0 Å². The molecule has 2 saturated heterocycles. The van der Waals surface area contributed by atoms with E-state index < -0.39 is 0 Å². The summed E-state index contributed by atoms with van der Waals surface area (Å²) in [4.78, 5) is 0. The normalized spacial score (nSPS) is 27.3. The molecule has 4 rings (SSSR count). The topological polar surface area (TPSA) is 83.3 Å². The van der Waals surface area contributed by atoms with E-state index in [0.29, 0.717) is 25.0 Å². The van der Waals surface area contributed by atoms with Crippen LogP contribution in [0.25, 0.3) is 11.4 Å². The van der Waals surface area contributed by atoms with Gasteiger partial charge >= 0.3 is 0 Å². The second-order valence-electron chi connectivity index (χ2n) is 7.59. The molecular weight excluding hydrogens is 346 g/mol. The van der Waals surface area contributed by atoms with E-state index in [1.807, 2.05) is 28.9 Å². The fourth-order valence-electron chi connectivity index (χ4n) is 3.79. The number of rotatable bonds is 7. The Kier molecular flexibility index (Phi) is 5.38. The Bertz CT molecular complexity index is 765. The average molecular weight is 373 g/mol. The number of hydrogen-bond donors (Lipinski definition) is 1. The average Bonchev–Trinajstić information content (AvgIpc) is 3.38. The number of tetrazole rings is 1. The van der Waals surface area contributed by atoms with Gasteiger partial charge in [0.15, 0.2) is 5.82 Å². The molecular formula is C19H27N5O3. The molecule has 2 aliphatic rings. The molecule has 0 saturated carbocycles. The number of fused-ring (bicyclic) bond motifs is 1. The minimum atomic E-state index is -0.0468. The third-order valence-electron chi connectivity index (χ3n) is 5.29. The Morgan fingerprint density at radius 3 is 2.93 bits per heavy atom. The van der Waals surface area contributed by atoms with Crippen molar-refractivity contribution in [2.75, 3.05) is 26.9 Å². The molecule has 0 bridgehead atoms. The summed E-state index contributed by atoms with van der Waals surface area (Å²) >= 11 is 0. The molecule has 4 atom stereocenters. The zero-order valence-electron chi connectivity index (χ0n) is 16.0. The van der Waals surface area contributed by atoms with Crippen LogP contribution < -0.4 is 10.1 Å². The lowest BCUT2D eigenvalue weighted by Crippen LogP contribution is -2.41. The van der Waals surface area contributed by atoms with Crippen LogP contribution in [0.5, 0.6) is 5.75 Å². The quantitative estimate of drug-likeness (QED) is 0.791. The van der Waals surface area contributed by atoms with Crippen molar-refractivity contribution in [1.82, 2.24) is 25.5 Å². The minimum absolute atomic E-state index is 0.0320. The van der Waals surface area contributed by atoms with Crippen molar-refractivity contribution in [1.29, 1.82) is 0 Å². The van der Waals surface area contributed by atoms with Crippen LogP contribution in [0.15, 0.2) is 24.3 Å². The number of ether oxygens (including phenoxy) is 3. The monoisotopic (exact) mass is 373 g/mol. The Morgan fingerprint density at radius 1 is 1.26 bits per heavy atom. The molecule has 0 unspecified atom stereocenters. The van der Waals surface area contributed by atoms with Crippen molar-refractivity contribution in [2.24, 2.45) is 5.92 Å². The first-order valence-corrected chi connectivity index (χ1v) is 9.56. The molecule has 27 heavy (non-hydrogen) atoms. The molecule has 0 aliphatic carbocycles. The Hall–Kier alpha value is -2.03. The standard InChI is InChI=1S/C19H27N5O3/c1-12(2)7-8-20-15-10-26-18-16(11-27-17(15)18)24-19(21-22-23-24)13-5-4-6-14(9-13)25-3/h4-6,9,12,15-18,20H,7-8,10-11H2,1-3H3/t15-,16-,17+,18+/m0/s1. The molecule has 8 nitrogen and oxygen atoms in total. The Labute approximate surface area is 159 Å². The van der Waals surface area contributed by atoms with E-state index in [1.54, 1.807) is 7.11 Å². The van der Waals surface area contributed by atoms with Gasteiger partial charge in [0, 0.05) is 5.56 Å². The summed E-state index contributed by atoms with van der Waals surface area (Å²) in [6, 6.07) is 7.92. The zero-order valence-corrected chi connectivity index (χ0v) is 16.0. The van der Waals surface area contributed by atoms with Gasteiger partial charge in [0.25, 0.3) is 0 Å². The summed E-state index contributed by atoms with van der Waals surface area (Å²) < 4.78 is 19.3. The van der Waals surface area contributed by atoms with Crippen LogP contribution in [0.1, 0.15) is 26.3 Å². The van der Waals surface area contributed by atoms with Crippen LogP contribution in [-0.4, -0.2) is 65.3 Å². The summed E-state index contributed by atoms with van der Waals surface area (Å²) in [5.74, 6) is 2.15. The third-order valence-corrected chi connectivity index (χ3v) is 5.29. The first kappa shape index (κ1) is 18.3. The van der Waals surface area contributed by atoms with Gasteiger partial charge in [-0.25, -0.2) is 4.68 Å². The molecule has 0 amide bonds. The predicted octanol–water partition coefficient (Wildman–Crippen LogP) is 1.69. The van der Waals surface area contributed by atoms with Crippen LogP contribution >= 0.6 is 0 Å². The molecule has 2 fully saturated rings. The maximum Gasteiger partial charge on any atom is 0.182 e. The molecule has 0 radical (unpaired) electrons. The molecule has 146 valence electrons. The fraction of sp³-hybridized carbons (Fsp3) is 0.632. The fourth-order valence-corrected chi connectivity index (χ4v) is 3.79. The number of benzene rings is 1. The van der Waals surface area contributed by atoms with E-state index in [0.717, 1.165) is 24.3 Å². The number of nitrogens with one attached hydrogen (secondary N) is 1. The zero-order chi connectivity index (χ0) is 18.8. The molecule has 1 aromatic carbocycles. The highest BCUT2D eigenvalue weighted by molar-refractivity contribution is 5.57. The van der Waals surface area contributed by atoms with Gasteiger partial charge in [-0.3, -0.25) is 0 Å². The summed E-state index contributed by atoms with van der Waals surface area (Å²) in [6.07, 6.45) is 1.13. The summed E-state index contributed by atoms with van der Waals surface area (Å²) in [5.41, 5.74) is 0.910. The molecule has 2 aromatic rings. The predicted molar refractivity (Wildman–Crippen MR) is 99.6 cm³/mol. The van der Waals surface area contributed by atoms with E-state index in [2.05, 4.69) is 34.7 Å². The highest BCUT2D eigenvalue weighted by Crippen LogP contribution is 2.36. The number of aromatic nitrogens is 4. The van der Waals surface area contributed by atoms with Crippen molar-refractivity contribution in [3.8, 4) is 17.1 Å². The molecule has 1 N–H and O–H groups in total. The molecule has 1 aromatic heterocycles. The number of nitrogens with zero attached hydrogens (tertiary/aromatic N) is 4. The van der Waals surface area contributed by atoms with Gasteiger partial charge in [-0.1, -0.05) is 26.0 Å². The summed E-state index contributed by atoms with van der Waals surface area (Å²) in [7, 11) is 1.65. The SMILES string of the molecule is COc1cccc(-c2nnnn2[C@H]2CO[C@H]3[C@@H]2OC[C@@H]3NCCC(C)C)c1. The molecule has 8 heteroatoms. The Morgan fingerprint density at radius 2 is 2.11 bits per heavy atom. The smallest absolute Gasteiger partial charge is 0.182 e. The van der Waals surface area contributed by atoms with E-state index >= 15 is 0 Å². The van der Waals surface area contributed by atoms with Gasteiger partial charge in [-0.2, -0.15) is 0 Å². The van der Waals surface area contributed by atoms with E-state index in [9.17, 15) is 0 Å². The van der Waals surface area contributed by atoms with Crippen LogP contribution in [-0.2, 0) is 9.47 Å². The van der Waals surface area contributed by atoms with Crippen molar-refractivity contribution >= 4 is 0 Å². The van der Waals surface area contributed by atoms with Crippen LogP contribution in [0, 0.1) is 5.92 Å². The van der Waals surface area contributed by atoms with E-state index in [1.165, 1.54) is 0 Å². The van der Waals surface area contributed by atoms with Crippen molar-refractivity contribution in [2.45, 2.75) is 44.6 Å². The molecule has 3 heterocycles. The highest BCUT2D eigenvalue weighted by atomic mass is 16.6. The van der Waals surface area contributed by atoms with Crippen molar-refractivity contribution in [3.63, 3.8) is 0 Å². The minimum Gasteiger partial charge on any atom is -0.497 e. The highest BCUT2D eigenvalue weighted by Gasteiger charge is 2.49. The first-order valence-electron chi connectivity index (χ1n) is 9.56. The van der Waals surface area contributed by atoms with Crippen LogP contribution in [0.4, 0.5) is 0 Å². The number of hydrogen-bond acceptors (Lipinski definition) is 7. The van der Waals surface area contributed by atoms with Gasteiger partial charge in [0.1, 0.15) is 24.0 Å². The maximum atomic E-state index is 6.09. The van der Waals surface area contributed by atoms with Gasteiger partial charge < -0.3 is 19.5 Å². The number of methoxy groups -OCH3 is 1. The van der Waals surface area contributed by atoms with Crippen molar-refractivity contribution < 1.29 is 14.2 Å². The second-order valence-corrected chi connectivity index (χ2v) is 7.59.